The molecule has 0 unspecified atom stereocenters. The maximum Gasteiger partial charge on any atom is 0.321 e. The lowest BCUT2D eigenvalue weighted by Gasteiger charge is -2.22. The van der Waals surface area contributed by atoms with Crippen LogP contribution in [0, 0.1) is 6.92 Å². The Morgan fingerprint density at radius 1 is 1.18 bits per heavy atom. The van der Waals surface area contributed by atoms with Gasteiger partial charge in [-0.15, -0.1) is 11.3 Å². The van der Waals surface area contributed by atoms with E-state index in [1.165, 1.54) is 36.2 Å². The van der Waals surface area contributed by atoms with Gasteiger partial charge in [0.05, 0.1) is 5.69 Å². The second-order valence-electron chi connectivity index (χ2n) is 5.84. The van der Waals surface area contributed by atoms with Crippen molar-refractivity contribution in [1.82, 2.24) is 10.3 Å². The number of carbonyl (C=O) groups is 1. The zero-order valence-electron chi connectivity index (χ0n) is 12.8. The molecule has 22 heavy (non-hydrogen) atoms. The highest BCUT2D eigenvalue weighted by Gasteiger charge is 2.16. The molecule has 2 amide bonds. The zero-order chi connectivity index (χ0) is 15.4. The number of nitrogens with one attached hydrogen (secondary N) is 2. The van der Waals surface area contributed by atoms with E-state index in [0.717, 1.165) is 24.1 Å². The lowest BCUT2D eigenvalue weighted by atomic mass is 9.96. The quantitative estimate of drug-likeness (QED) is 0.871. The van der Waals surface area contributed by atoms with E-state index in [9.17, 15) is 4.79 Å². The summed E-state index contributed by atoms with van der Waals surface area (Å²) in [6, 6.07) is 8.41. The second kappa shape index (κ2) is 6.92. The topological polar surface area (TPSA) is 54.0 Å². The molecule has 0 aliphatic heterocycles. The van der Waals surface area contributed by atoms with Gasteiger partial charge in [0.1, 0.15) is 0 Å². The van der Waals surface area contributed by atoms with Crippen LogP contribution in [0.1, 0.15) is 37.7 Å². The summed E-state index contributed by atoms with van der Waals surface area (Å²) in [5.41, 5.74) is 3.20. The lowest BCUT2D eigenvalue weighted by Crippen LogP contribution is -2.38. The van der Waals surface area contributed by atoms with Gasteiger partial charge in [0.15, 0.2) is 5.13 Å². The third-order valence-electron chi connectivity index (χ3n) is 4.01. The number of anilines is 1. The minimum atomic E-state index is -0.142. The Balaban J connectivity index is 1.59. The minimum Gasteiger partial charge on any atom is -0.335 e. The Hall–Kier alpha value is -1.88. The Morgan fingerprint density at radius 3 is 2.64 bits per heavy atom. The number of hydrogen-bond donors (Lipinski definition) is 2. The van der Waals surface area contributed by atoms with Gasteiger partial charge in [-0.05, 0) is 19.8 Å². The standard InChI is InChI=1S/C17H21N3OS/c1-12-7-9-13(10-8-12)15-11-22-17(19-15)20-16(21)18-14-5-3-2-4-6-14/h7-11,14H,2-6H2,1H3,(H2,18,19,20,21). The van der Waals surface area contributed by atoms with E-state index in [-0.39, 0.29) is 6.03 Å². The second-order valence-corrected chi connectivity index (χ2v) is 6.70. The van der Waals surface area contributed by atoms with Crippen molar-refractivity contribution in [1.29, 1.82) is 0 Å². The highest BCUT2D eigenvalue weighted by molar-refractivity contribution is 7.14. The fourth-order valence-electron chi connectivity index (χ4n) is 2.75. The van der Waals surface area contributed by atoms with Crippen LogP contribution in [0.25, 0.3) is 11.3 Å². The van der Waals surface area contributed by atoms with Crippen LogP contribution < -0.4 is 10.6 Å². The monoisotopic (exact) mass is 315 g/mol. The first kappa shape index (κ1) is 15.0. The zero-order valence-corrected chi connectivity index (χ0v) is 13.6. The summed E-state index contributed by atoms with van der Waals surface area (Å²) in [4.78, 5) is 16.5. The van der Waals surface area contributed by atoms with Gasteiger partial charge >= 0.3 is 6.03 Å². The van der Waals surface area contributed by atoms with Crippen LogP contribution in [0.4, 0.5) is 9.93 Å². The van der Waals surface area contributed by atoms with E-state index >= 15 is 0 Å². The van der Waals surface area contributed by atoms with E-state index < -0.39 is 0 Å². The summed E-state index contributed by atoms with van der Waals surface area (Å²) >= 11 is 1.46. The molecule has 4 nitrogen and oxygen atoms in total. The molecular weight excluding hydrogens is 294 g/mol. The molecule has 0 spiro atoms. The first-order chi connectivity index (χ1) is 10.7. The Morgan fingerprint density at radius 2 is 1.91 bits per heavy atom. The number of nitrogens with zero attached hydrogens (tertiary/aromatic N) is 1. The van der Waals surface area contributed by atoms with E-state index in [1.54, 1.807) is 0 Å². The van der Waals surface area contributed by atoms with Crippen molar-refractivity contribution in [3.8, 4) is 11.3 Å². The number of hydrogen-bond acceptors (Lipinski definition) is 3. The van der Waals surface area contributed by atoms with E-state index in [4.69, 9.17) is 0 Å². The third kappa shape index (κ3) is 3.85. The van der Waals surface area contributed by atoms with Gasteiger partial charge in [-0.3, -0.25) is 5.32 Å². The molecule has 1 heterocycles. The highest BCUT2D eigenvalue weighted by Crippen LogP contribution is 2.25. The minimum absolute atomic E-state index is 0.142. The summed E-state index contributed by atoms with van der Waals surface area (Å²) in [5.74, 6) is 0. The predicted molar refractivity (Wildman–Crippen MR) is 91.3 cm³/mol. The molecule has 1 aromatic heterocycles. The van der Waals surface area contributed by atoms with Crippen LogP contribution in [0.2, 0.25) is 0 Å². The molecule has 1 aromatic carbocycles. The SMILES string of the molecule is Cc1ccc(-c2csc(NC(=O)NC3CCCCC3)n2)cc1. The number of urea groups is 1. The fourth-order valence-corrected chi connectivity index (χ4v) is 3.47. The molecule has 0 atom stereocenters. The Kier molecular flexibility index (Phi) is 4.73. The average Bonchev–Trinajstić information content (AvgIpc) is 2.97. The summed E-state index contributed by atoms with van der Waals surface area (Å²) in [7, 11) is 0. The number of rotatable bonds is 3. The van der Waals surface area contributed by atoms with Crippen LogP contribution >= 0.6 is 11.3 Å². The van der Waals surface area contributed by atoms with Gasteiger partial charge in [0.25, 0.3) is 0 Å². The van der Waals surface area contributed by atoms with Crippen LogP contribution in [-0.4, -0.2) is 17.1 Å². The van der Waals surface area contributed by atoms with Crippen molar-refractivity contribution >= 4 is 22.5 Å². The molecule has 0 radical (unpaired) electrons. The number of aryl methyl sites for hydroxylation is 1. The highest BCUT2D eigenvalue weighted by atomic mass is 32.1. The fraction of sp³-hybridized carbons (Fsp3) is 0.412. The van der Waals surface area contributed by atoms with Crippen LogP contribution in [0.15, 0.2) is 29.6 Å². The average molecular weight is 315 g/mol. The normalized spacial score (nSPS) is 15.5. The maximum absolute atomic E-state index is 12.0. The molecule has 1 saturated carbocycles. The number of aromatic nitrogens is 1. The van der Waals surface area contributed by atoms with Crippen molar-refractivity contribution in [2.75, 3.05) is 5.32 Å². The molecular formula is C17H21N3OS. The first-order valence-corrected chi connectivity index (χ1v) is 8.69. The van der Waals surface area contributed by atoms with Crippen molar-refractivity contribution in [2.45, 2.75) is 45.1 Å². The van der Waals surface area contributed by atoms with E-state index in [2.05, 4.69) is 46.8 Å². The van der Waals surface area contributed by atoms with Crippen molar-refractivity contribution in [3.05, 3.63) is 35.2 Å². The Labute approximate surface area is 135 Å². The smallest absolute Gasteiger partial charge is 0.321 e. The summed E-state index contributed by atoms with van der Waals surface area (Å²) in [6.45, 7) is 2.06. The molecule has 5 heteroatoms. The molecule has 1 fully saturated rings. The van der Waals surface area contributed by atoms with Crippen LogP contribution in [0.3, 0.4) is 0 Å². The summed E-state index contributed by atoms with van der Waals surface area (Å²) in [6.07, 6.45) is 5.87. The van der Waals surface area contributed by atoms with Crippen LogP contribution in [0.5, 0.6) is 0 Å². The van der Waals surface area contributed by atoms with Gasteiger partial charge in [-0.25, -0.2) is 9.78 Å². The van der Waals surface area contributed by atoms with Crippen molar-refractivity contribution in [2.24, 2.45) is 0 Å². The molecule has 0 saturated heterocycles. The number of benzene rings is 1. The van der Waals surface area contributed by atoms with Crippen molar-refractivity contribution < 1.29 is 4.79 Å². The molecule has 3 rings (SSSR count). The molecule has 2 aromatic rings. The predicted octanol–water partition coefficient (Wildman–Crippen LogP) is 4.57. The molecule has 1 aliphatic rings. The van der Waals surface area contributed by atoms with Gasteiger partial charge in [0, 0.05) is 17.0 Å². The maximum atomic E-state index is 12.0. The van der Waals surface area contributed by atoms with Gasteiger partial charge < -0.3 is 5.32 Å². The largest absolute Gasteiger partial charge is 0.335 e. The summed E-state index contributed by atoms with van der Waals surface area (Å²) in [5, 5.41) is 8.50. The molecule has 116 valence electrons. The van der Waals surface area contributed by atoms with Gasteiger partial charge in [-0.1, -0.05) is 49.1 Å². The first-order valence-electron chi connectivity index (χ1n) is 7.81. The number of amides is 2. The van der Waals surface area contributed by atoms with Crippen LogP contribution in [-0.2, 0) is 0 Å². The van der Waals surface area contributed by atoms with Crippen molar-refractivity contribution in [3.63, 3.8) is 0 Å². The number of thiazole rings is 1. The van der Waals surface area contributed by atoms with E-state index in [0.29, 0.717) is 11.2 Å². The van der Waals surface area contributed by atoms with E-state index in [1.807, 2.05) is 5.38 Å². The van der Waals surface area contributed by atoms with Gasteiger partial charge in [-0.2, -0.15) is 0 Å². The molecule has 2 N–H and O–H groups in total. The summed E-state index contributed by atoms with van der Waals surface area (Å²) < 4.78 is 0. The lowest BCUT2D eigenvalue weighted by molar-refractivity contribution is 0.244. The molecule has 0 bridgehead atoms. The molecule has 1 aliphatic carbocycles. The number of carbonyl (C=O) groups excluding carboxylic acids is 1. The van der Waals surface area contributed by atoms with Gasteiger partial charge in [0.2, 0.25) is 0 Å². The Bertz CT molecular complexity index is 630. The third-order valence-corrected chi connectivity index (χ3v) is 4.77.